The predicted octanol–water partition coefficient (Wildman–Crippen LogP) is 5.30. The number of likely N-dealkylation sites (tertiary alicyclic amines) is 2. The van der Waals surface area contributed by atoms with E-state index in [0.717, 1.165) is 49.3 Å². The minimum Gasteiger partial charge on any atom is -0.493 e. The van der Waals surface area contributed by atoms with Gasteiger partial charge in [0.25, 0.3) is 0 Å². The first-order valence-electron chi connectivity index (χ1n) is 12.9. The molecule has 0 aromatic heterocycles. The Morgan fingerprint density at radius 3 is 2.68 bits per heavy atom. The van der Waals surface area contributed by atoms with Gasteiger partial charge in [-0.15, -0.1) is 0 Å². The Morgan fingerprint density at radius 1 is 0.971 bits per heavy atom. The third-order valence-corrected chi connectivity index (χ3v) is 7.78. The van der Waals surface area contributed by atoms with E-state index in [2.05, 4.69) is 16.7 Å². The van der Waals surface area contributed by atoms with Crippen molar-refractivity contribution in [2.45, 2.75) is 51.0 Å². The lowest BCUT2D eigenvalue weighted by Crippen LogP contribution is -2.44. The zero-order valence-electron chi connectivity index (χ0n) is 20.3. The highest BCUT2D eigenvalue weighted by atomic mass is 19.1. The quantitative estimate of drug-likeness (QED) is 0.525. The van der Waals surface area contributed by atoms with Crippen LogP contribution >= 0.6 is 0 Å². The monoisotopic (exact) mass is 468 g/mol. The molecule has 6 heteroatoms. The second-order valence-corrected chi connectivity index (χ2v) is 10.1. The molecule has 0 aliphatic carbocycles. The summed E-state index contributed by atoms with van der Waals surface area (Å²) in [5.74, 6) is 2.85. The van der Waals surface area contributed by atoms with E-state index < -0.39 is 0 Å². The molecule has 5 nitrogen and oxygen atoms in total. The van der Waals surface area contributed by atoms with Gasteiger partial charge in [-0.1, -0.05) is 18.6 Å². The predicted molar refractivity (Wildman–Crippen MR) is 131 cm³/mol. The van der Waals surface area contributed by atoms with Crippen molar-refractivity contribution in [3.8, 4) is 17.2 Å². The number of rotatable bonds is 8. The maximum absolute atomic E-state index is 13.6. The first-order chi connectivity index (χ1) is 16.7. The molecule has 184 valence electrons. The Labute approximate surface area is 202 Å². The van der Waals surface area contributed by atoms with Crippen LogP contribution in [0.25, 0.3) is 0 Å². The molecule has 2 fully saturated rings. The average molecular weight is 469 g/mol. The molecule has 0 saturated carbocycles. The van der Waals surface area contributed by atoms with Gasteiger partial charge in [-0.3, -0.25) is 0 Å². The zero-order chi connectivity index (χ0) is 23.3. The van der Waals surface area contributed by atoms with Crippen molar-refractivity contribution in [2.75, 3.05) is 46.1 Å². The minimum absolute atomic E-state index is 0.179. The number of halogens is 1. The van der Waals surface area contributed by atoms with Gasteiger partial charge in [0.05, 0.1) is 6.61 Å². The van der Waals surface area contributed by atoms with E-state index in [1.165, 1.54) is 44.3 Å². The summed E-state index contributed by atoms with van der Waals surface area (Å²) >= 11 is 0. The fourth-order valence-electron chi connectivity index (χ4n) is 5.79. The van der Waals surface area contributed by atoms with Gasteiger partial charge < -0.3 is 24.0 Å². The highest BCUT2D eigenvalue weighted by molar-refractivity contribution is 5.46. The Bertz CT molecular complexity index is 938. The molecule has 3 heterocycles. The van der Waals surface area contributed by atoms with Gasteiger partial charge in [-0.25, -0.2) is 4.39 Å². The van der Waals surface area contributed by atoms with Crippen LogP contribution in [0.5, 0.6) is 17.2 Å². The van der Waals surface area contributed by atoms with Crippen molar-refractivity contribution in [2.24, 2.45) is 5.92 Å². The van der Waals surface area contributed by atoms with E-state index in [1.54, 1.807) is 12.1 Å². The van der Waals surface area contributed by atoms with Gasteiger partial charge in [-0.2, -0.15) is 0 Å². The smallest absolute Gasteiger partial charge is 0.231 e. The Kier molecular flexibility index (Phi) is 7.55. The maximum Gasteiger partial charge on any atom is 0.231 e. The number of ether oxygens (including phenoxy) is 3. The Balaban J connectivity index is 1.21. The van der Waals surface area contributed by atoms with Crippen molar-refractivity contribution in [1.82, 2.24) is 9.80 Å². The largest absolute Gasteiger partial charge is 0.493 e. The fraction of sp³-hybridized carbons (Fsp3) is 0.571. The van der Waals surface area contributed by atoms with Gasteiger partial charge in [0.1, 0.15) is 11.6 Å². The number of fused-ring (bicyclic) bond motifs is 1. The summed E-state index contributed by atoms with van der Waals surface area (Å²) < 4.78 is 30.7. The van der Waals surface area contributed by atoms with Crippen LogP contribution in [0.15, 0.2) is 42.5 Å². The molecule has 0 spiro atoms. The Hall–Kier alpha value is -2.31. The summed E-state index contributed by atoms with van der Waals surface area (Å²) in [6.45, 7) is 8.91. The Morgan fingerprint density at radius 2 is 1.82 bits per heavy atom. The number of hydrogen-bond acceptors (Lipinski definition) is 5. The lowest BCUT2D eigenvalue weighted by Gasteiger charge is -2.39. The highest BCUT2D eigenvalue weighted by Gasteiger charge is 2.31. The van der Waals surface area contributed by atoms with Crippen molar-refractivity contribution in [3.63, 3.8) is 0 Å². The van der Waals surface area contributed by atoms with Gasteiger partial charge in [0, 0.05) is 24.6 Å². The minimum atomic E-state index is -0.179. The number of benzene rings is 2. The molecule has 3 aliphatic rings. The van der Waals surface area contributed by atoms with Crippen LogP contribution in [0, 0.1) is 11.7 Å². The summed E-state index contributed by atoms with van der Waals surface area (Å²) in [4.78, 5) is 5.26. The van der Waals surface area contributed by atoms with Gasteiger partial charge in [0.2, 0.25) is 6.79 Å². The second kappa shape index (κ2) is 11.0. The SMILES string of the molecule is CC1CCCCN1CCCN1CC[C@H](c2ccc(F)cc2)[C@@H](COc2ccc3c(c2)OCO3)C1. The molecule has 3 atom stereocenters. The molecule has 0 bridgehead atoms. The number of piperidine rings is 2. The first-order valence-corrected chi connectivity index (χ1v) is 12.9. The van der Waals surface area contributed by atoms with E-state index in [4.69, 9.17) is 14.2 Å². The fourth-order valence-corrected chi connectivity index (χ4v) is 5.79. The summed E-state index contributed by atoms with van der Waals surface area (Å²) in [5, 5.41) is 0. The van der Waals surface area contributed by atoms with Crippen molar-refractivity contribution in [1.29, 1.82) is 0 Å². The molecule has 0 N–H and O–H groups in total. The molecule has 3 aliphatic heterocycles. The van der Waals surface area contributed by atoms with Crippen LogP contribution in [-0.2, 0) is 0 Å². The average Bonchev–Trinajstić information content (AvgIpc) is 3.33. The third kappa shape index (κ3) is 5.66. The van der Waals surface area contributed by atoms with Gasteiger partial charge >= 0.3 is 0 Å². The maximum atomic E-state index is 13.6. The van der Waals surface area contributed by atoms with Crippen molar-refractivity contribution < 1.29 is 18.6 Å². The molecule has 5 rings (SSSR count). The van der Waals surface area contributed by atoms with Crippen molar-refractivity contribution in [3.05, 3.63) is 53.8 Å². The topological polar surface area (TPSA) is 34.2 Å². The molecule has 2 aromatic rings. The van der Waals surface area contributed by atoms with Crippen LogP contribution in [-0.4, -0.2) is 62.0 Å². The van der Waals surface area contributed by atoms with Crippen LogP contribution in [0.2, 0.25) is 0 Å². The van der Waals surface area contributed by atoms with Crippen LogP contribution in [0.1, 0.15) is 50.5 Å². The summed E-state index contributed by atoms with van der Waals surface area (Å²) in [6, 6.07) is 13.5. The van der Waals surface area contributed by atoms with E-state index in [1.807, 2.05) is 30.3 Å². The standard InChI is InChI=1S/C28H37FN2O3/c1-21-5-2-3-14-31(21)15-4-13-30-16-12-26(22-6-8-24(29)9-7-22)23(18-30)19-32-25-10-11-27-28(17-25)34-20-33-27/h6-11,17,21,23,26H,2-5,12-16,18-20H2,1H3/t21?,23-,26-/m1/s1. The van der Waals surface area contributed by atoms with Crippen LogP contribution in [0.4, 0.5) is 4.39 Å². The van der Waals surface area contributed by atoms with E-state index >= 15 is 0 Å². The van der Waals surface area contributed by atoms with E-state index in [9.17, 15) is 4.39 Å². The van der Waals surface area contributed by atoms with E-state index in [0.29, 0.717) is 18.4 Å². The molecule has 1 unspecified atom stereocenters. The number of nitrogens with zero attached hydrogens (tertiary/aromatic N) is 2. The zero-order valence-corrected chi connectivity index (χ0v) is 20.3. The normalized spacial score (nSPS) is 25.4. The molecule has 0 radical (unpaired) electrons. The van der Waals surface area contributed by atoms with Crippen LogP contribution in [0.3, 0.4) is 0 Å². The summed E-state index contributed by atoms with van der Waals surface area (Å²) in [6.07, 6.45) is 6.33. The molecule has 2 aromatic carbocycles. The molecule has 2 saturated heterocycles. The third-order valence-electron chi connectivity index (χ3n) is 7.78. The van der Waals surface area contributed by atoms with Crippen molar-refractivity contribution >= 4 is 0 Å². The second-order valence-electron chi connectivity index (χ2n) is 10.1. The van der Waals surface area contributed by atoms with Gasteiger partial charge in [-0.05, 0) is 94.5 Å². The summed E-state index contributed by atoms with van der Waals surface area (Å²) in [7, 11) is 0. The van der Waals surface area contributed by atoms with Crippen LogP contribution < -0.4 is 14.2 Å². The lowest BCUT2D eigenvalue weighted by molar-refractivity contribution is 0.100. The molecule has 34 heavy (non-hydrogen) atoms. The number of hydrogen-bond donors (Lipinski definition) is 0. The molecule has 0 amide bonds. The van der Waals surface area contributed by atoms with Gasteiger partial charge in [0.15, 0.2) is 11.5 Å². The highest BCUT2D eigenvalue weighted by Crippen LogP contribution is 2.37. The van der Waals surface area contributed by atoms with E-state index in [-0.39, 0.29) is 12.6 Å². The molecular formula is C28H37FN2O3. The lowest BCUT2D eigenvalue weighted by atomic mass is 9.80. The summed E-state index contributed by atoms with van der Waals surface area (Å²) in [5.41, 5.74) is 1.21. The molecular weight excluding hydrogens is 431 g/mol. The first kappa shape index (κ1) is 23.4.